The molecule has 0 saturated carbocycles. The van der Waals surface area contributed by atoms with Crippen molar-refractivity contribution in [2.75, 3.05) is 0 Å². The van der Waals surface area contributed by atoms with Crippen molar-refractivity contribution in [3.05, 3.63) is 23.6 Å². The summed E-state index contributed by atoms with van der Waals surface area (Å²) in [4.78, 5) is 0. The van der Waals surface area contributed by atoms with Crippen molar-refractivity contribution in [2.24, 2.45) is 0 Å². The van der Waals surface area contributed by atoms with E-state index in [1.165, 1.54) is 6.08 Å². The van der Waals surface area contributed by atoms with Gasteiger partial charge in [0.1, 0.15) is 5.83 Å². The minimum Gasteiger partial charge on any atom is -0.393 e. The lowest BCUT2D eigenvalue weighted by atomic mass is 9.99. The van der Waals surface area contributed by atoms with E-state index >= 15 is 0 Å². The topological polar surface area (TPSA) is 20.2 Å². The summed E-state index contributed by atoms with van der Waals surface area (Å²) in [6, 6.07) is 0. The van der Waals surface area contributed by atoms with Crippen molar-refractivity contribution >= 4 is 0 Å². The molecule has 0 saturated heterocycles. The second-order valence-electron chi connectivity index (χ2n) is 2.98. The molecule has 0 aromatic heterocycles. The van der Waals surface area contributed by atoms with Gasteiger partial charge in [-0.15, -0.1) is 0 Å². The average molecular weight is 156 g/mol. The van der Waals surface area contributed by atoms with Gasteiger partial charge in [-0.3, -0.25) is 0 Å². The maximum absolute atomic E-state index is 12.6. The van der Waals surface area contributed by atoms with Crippen LogP contribution in [0.5, 0.6) is 0 Å². The van der Waals surface area contributed by atoms with Crippen molar-refractivity contribution in [3.63, 3.8) is 0 Å². The third kappa shape index (κ3) is 2.85. The van der Waals surface area contributed by atoms with Gasteiger partial charge in [0.05, 0.1) is 6.10 Å². The molecular formula is C9H13FO. The van der Waals surface area contributed by atoms with Crippen LogP contribution in [0.25, 0.3) is 0 Å². The third-order valence-corrected chi connectivity index (χ3v) is 1.70. The number of aliphatic hydroxyl groups excluding tert-OH is 1. The summed E-state index contributed by atoms with van der Waals surface area (Å²) in [6.45, 7) is 1.72. The summed E-state index contributed by atoms with van der Waals surface area (Å²) in [6.07, 6.45) is 5.00. The molecule has 0 heterocycles. The van der Waals surface area contributed by atoms with E-state index < -0.39 is 0 Å². The molecule has 1 atom stereocenters. The first-order valence-electron chi connectivity index (χ1n) is 3.91. The largest absolute Gasteiger partial charge is 0.393 e. The van der Waals surface area contributed by atoms with E-state index in [9.17, 15) is 4.39 Å². The molecule has 1 aliphatic carbocycles. The molecule has 0 radical (unpaired) electrons. The monoisotopic (exact) mass is 156 g/mol. The molecule has 62 valence electrons. The fourth-order valence-electron chi connectivity index (χ4n) is 1.26. The van der Waals surface area contributed by atoms with Crippen molar-refractivity contribution < 1.29 is 9.50 Å². The zero-order chi connectivity index (χ0) is 8.27. The van der Waals surface area contributed by atoms with Gasteiger partial charge in [0.2, 0.25) is 0 Å². The summed E-state index contributed by atoms with van der Waals surface area (Å²) in [7, 11) is 0. The van der Waals surface area contributed by atoms with E-state index in [4.69, 9.17) is 5.11 Å². The van der Waals surface area contributed by atoms with Gasteiger partial charge in [-0.2, -0.15) is 0 Å². The van der Waals surface area contributed by atoms with Crippen molar-refractivity contribution in [3.8, 4) is 0 Å². The number of halogens is 1. The first-order chi connectivity index (χ1) is 5.18. The van der Waals surface area contributed by atoms with E-state index in [1.54, 1.807) is 13.0 Å². The molecule has 0 spiro atoms. The molecule has 0 amide bonds. The zero-order valence-corrected chi connectivity index (χ0v) is 6.68. The summed E-state index contributed by atoms with van der Waals surface area (Å²) in [5.41, 5.74) is 1.01. The lowest BCUT2D eigenvalue weighted by molar-refractivity contribution is 0.194. The Hall–Kier alpha value is -0.630. The van der Waals surface area contributed by atoms with E-state index in [0.717, 1.165) is 18.4 Å². The Morgan fingerprint density at radius 2 is 2.45 bits per heavy atom. The van der Waals surface area contributed by atoms with Crippen LogP contribution in [0.1, 0.15) is 26.2 Å². The van der Waals surface area contributed by atoms with E-state index in [-0.39, 0.29) is 11.9 Å². The van der Waals surface area contributed by atoms with Gasteiger partial charge in [-0.1, -0.05) is 5.57 Å². The Kier molecular flexibility index (Phi) is 2.83. The van der Waals surface area contributed by atoms with Gasteiger partial charge in [0, 0.05) is 0 Å². The molecule has 0 aromatic carbocycles. The van der Waals surface area contributed by atoms with Crippen LogP contribution in [-0.2, 0) is 0 Å². The summed E-state index contributed by atoms with van der Waals surface area (Å²) in [5.74, 6) is -0.160. The molecule has 0 aromatic rings. The SMILES string of the molecule is C[C@@H](O)CC1=CC(F)=CCC1. The third-order valence-electron chi connectivity index (χ3n) is 1.70. The van der Waals surface area contributed by atoms with Gasteiger partial charge in [0.15, 0.2) is 0 Å². The molecule has 0 fully saturated rings. The first-order valence-corrected chi connectivity index (χ1v) is 3.91. The van der Waals surface area contributed by atoms with Crippen molar-refractivity contribution in [1.29, 1.82) is 0 Å². The molecule has 0 bridgehead atoms. The highest BCUT2D eigenvalue weighted by Crippen LogP contribution is 2.21. The highest BCUT2D eigenvalue weighted by atomic mass is 19.1. The lowest BCUT2D eigenvalue weighted by Gasteiger charge is -2.11. The maximum atomic E-state index is 12.6. The van der Waals surface area contributed by atoms with Crippen LogP contribution in [0.2, 0.25) is 0 Å². The van der Waals surface area contributed by atoms with Crippen LogP contribution in [0.3, 0.4) is 0 Å². The van der Waals surface area contributed by atoms with Gasteiger partial charge < -0.3 is 5.11 Å². The summed E-state index contributed by atoms with van der Waals surface area (Å²) < 4.78 is 12.6. The minimum atomic E-state index is -0.354. The fraction of sp³-hybridized carbons (Fsp3) is 0.556. The maximum Gasteiger partial charge on any atom is 0.119 e. The first kappa shape index (κ1) is 8.47. The zero-order valence-electron chi connectivity index (χ0n) is 6.68. The molecule has 2 heteroatoms. The number of allylic oxidation sites excluding steroid dienone is 3. The average Bonchev–Trinajstić information content (AvgIpc) is 1.85. The number of hydrogen-bond donors (Lipinski definition) is 1. The minimum absolute atomic E-state index is 0.160. The molecule has 1 rings (SSSR count). The van der Waals surface area contributed by atoms with Gasteiger partial charge in [0.25, 0.3) is 0 Å². The molecule has 1 nitrogen and oxygen atoms in total. The Balaban J connectivity index is 2.51. The quantitative estimate of drug-likeness (QED) is 0.650. The number of rotatable bonds is 2. The van der Waals surface area contributed by atoms with Crippen LogP contribution >= 0.6 is 0 Å². The highest BCUT2D eigenvalue weighted by Gasteiger charge is 2.06. The number of aliphatic hydroxyl groups is 1. The van der Waals surface area contributed by atoms with E-state index in [2.05, 4.69) is 0 Å². The standard InChI is InChI=1S/C9H13FO/c1-7(11)5-8-3-2-4-9(10)6-8/h4,6-7,11H,2-3,5H2,1H3/t7-/m1/s1. The Morgan fingerprint density at radius 3 is 3.00 bits per heavy atom. The summed E-state index contributed by atoms with van der Waals surface area (Å²) in [5, 5.41) is 9.01. The Bertz CT molecular complexity index is 192. The fourth-order valence-corrected chi connectivity index (χ4v) is 1.26. The molecule has 0 unspecified atom stereocenters. The molecular weight excluding hydrogens is 143 g/mol. The van der Waals surface area contributed by atoms with Gasteiger partial charge in [-0.05, 0) is 38.3 Å². The number of hydrogen-bond acceptors (Lipinski definition) is 1. The van der Waals surface area contributed by atoms with E-state index in [0.29, 0.717) is 6.42 Å². The molecule has 1 N–H and O–H groups in total. The normalized spacial score (nSPS) is 20.6. The van der Waals surface area contributed by atoms with E-state index in [1.807, 2.05) is 0 Å². The van der Waals surface area contributed by atoms with Crippen molar-refractivity contribution in [2.45, 2.75) is 32.3 Å². The Labute approximate surface area is 66.2 Å². The highest BCUT2D eigenvalue weighted by molar-refractivity contribution is 5.22. The molecule has 0 aliphatic heterocycles. The second-order valence-corrected chi connectivity index (χ2v) is 2.98. The van der Waals surface area contributed by atoms with Crippen LogP contribution in [0, 0.1) is 0 Å². The predicted molar refractivity (Wildman–Crippen MR) is 42.8 cm³/mol. The molecule has 11 heavy (non-hydrogen) atoms. The van der Waals surface area contributed by atoms with Gasteiger partial charge >= 0.3 is 0 Å². The lowest BCUT2D eigenvalue weighted by Crippen LogP contribution is -2.02. The van der Waals surface area contributed by atoms with Crippen LogP contribution in [-0.4, -0.2) is 11.2 Å². The molecule has 1 aliphatic rings. The Morgan fingerprint density at radius 1 is 1.73 bits per heavy atom. The van der Waals surface area contributed by atoms with Crippen molar-refractivity contribution in [1.82, 2.24) is 0 Å². The van der Waals surface area contributed by atoms with Crippen LogP contribution in [0.15, 0.2) is 23.6 Å². The second kappa shape index (κ2) is 3.67. The summed E-state index contributed by atoms with van der Waals surface area (Å²) >= 11 is 0. The van der Waals surface area contributed by atoms with Gasteiger partial charge in [-0.25, -0.2) is 4.39 Å². The van der Waals surface area contributed by atoms with Crippen LogP contribution < -0.4 is 0 Å². The smallest absolute Gasteiger partial charge is 0.119 e. The van der Waals surface area contributed by atoms with Crippen LogP contribution in [0.4, 0.5) is 4.39 Å². The predicted octanol–water partition coefficient (Wildman–Crippen LogP) is 2.33.